The van der Waals surface area contributed by atoms with Crippen LogP contribution in [-0.4, -0.2) is 33.9 Å². The van der Waals surface area contributed by atoms with Gasteiger partial charge in [-0.1, -0.05) is 36.4 Å². The molecule has 36 heavy (non-hydrogen) atoms. The van der Waals surface area contributed by atoms with Crippen LogP contribution in [0.15, 0.2) is 66.7 Å². The van der Waals surface area contributed by atoms with E-state index in [9.17, 15) is 10.1 Å². The highest BCUT2D eigenvalue weighted by molar-refractivity contribution is 5.98. The lowest BCUT2D eigenvalue weighted by Gasteiger charge is -2.20. The molecule has 0 spiro atoms. The van der Waals surface area contributed by atoms with Gasteiger partial charge in [0.1, 0.15) is 18.2 Å². The van der Waals surface area contributed by atoms with Gasteiger partial charge in [-0.05, 0) is 55.7 Å². The van der Waals surface area contributed by atoms with Gasteiger partial charge in [0, 0.05) is 29.6 Å². The van der Waals surface area contributed by atoms with E-state index in [0.29, 0.717) is 46.1 Å². The van der Waals surface area contributed by atoms with Gasteiger partial charge >= 0.3 is 0 Å². The van der Waals surface area contributed by atoms with Crippen molar-refractivity contribution in [2.45, 2.75) is 32.4 Å². The van der Waals surface area contributed by atoms with Crippen molar-refractivity contribution in [3.8, 4) is 11.8 Å². The van der Waals surface area contributed by atoms with Crippen molar-refractivity contribution >= 4 is 16.8 Å². The Kier molecular flexibility index (Phi) is 6.61. The van der Waals surface area contributed by atoms with Crippen molar-refractivity contribution < 1.29 is 9.53 Å². The first-order chi connectivity index (χ1) is 17.5. The van der Waals surface area contributed by atoms with Crippen molar-refractivity contribution in [2.24, 2.45) is 5.73 Å². The lowest BCUT2D eigenvalue weighted by molar-refractivity contribution is 0.0793. The van der Waals surface area contributed by atoms with Gasteiger partial charge in [-0.2, -0.15) is 5.26 Å². The lowest BCUT2D eigenvalue weighted by Crippen LogP contribution is -2.27. The molecule has 2 heterocycles. The van der Waals surface area contributed by atoms with Crippen LogP contribution in [-0.2, 0) is 6.61 Å². The van der Waals surface area contributed by atoms with E-state index < -0.39 is 6.04 Å². The number of nitrogens with zero attached hydrogens (tertiary/aromatic N) is 4. The van der Waals surface area contributed by atoms with Crippen molar-refractivity contribution in [1.82, 2.24) is 14.9 Å². The summed E-state index contributed by atoms with van der Waals surface area (Å²) in [6, 6.07) is 22.1. The Morgan fingerprint density at radius 3 is 2.61 bits per heavy atom. The quantitative estimate of drug-likeness (QED) is 0.433. The largest absolute Gasteiger partial charge is 0.489 e. The SMILES string of the molecule is Cc1nc(C(N)c2cc(C#N)ccc2OCc2ccccc2)c2ccc(C(=O)N3CCCC3)cc2n1. The molecule has 7 heteroatoms. The first-order valence-corrected chi connectivity index (χ1v) is 12.1. The molecule has 1 aliphatic heterocycles. The van der Waals surface area contributed by atoms with Gasteiger partial charge in [0.05, 0.1) is 28.9 Å². The number of fused-ring (bicyclic) bond motifs is 1. The molecule has 1 aromatic heterocycles. The fourth-order valence-electron chi connectivity index (χ4n) is 4.62. The maximum absolute atomic E-state index is 12.9. The van der Waals surface area contributed by atoms with E-state index in [4.69, 9.17) is 10.5 Å². The normalized spacial score (nSPS) is 14.0. The fraction of sp³-hybridized carbons (Fsp3) is 0.241. The minimum atomic E-state index is -0.659. The van der Waals surface area contributed by atoms with Crippen LogP contribution in [0.25, 0.3) is 10.9 Å². The van der Waals surface area contributed by atoms with E-state index in [-0.39, 0.29) is 5.91 Å². The number of aryl methyl sites for hydroxylation is 1. The molecule has 180 valence electrons. The van der Waals surface area contributed by atoms with Crippen molar-refractivity contribution in [1.29, 1.82) is 5.26 Å². The Hall–Kier alpha value is -4.28. The third-order valence-corrected chi connectivity index (χ3v) is 6.48. The molecule has 1 fully saturated rings. The number of benzene rings is 3. The van der Waals surface area contributed by atoms with Gasteiger partial charge in [-0.3, -0.25) is 4.79 Å². The number of rotatable bonds is 6. The van der Waals surface area contributed by atoms with Crippen molar-refractivity contribution in [3.05, 3.63) is 101 Å². The number of nitrogens with two attached hydrogens (primary N) is 1. The summed E-state index contributed by atoms with van der Waals surface area (Å²) in [6.45, 7) is 3.76. The zero-order valence-electron chi connectivity index (χ0n) is 20.1. The summed E-state index contributed by atoms with van der Waals surface area (Å²) in [7, 11) is 0. The van der Waals surface area contributed by atoms with Crippen molar-refractivity contribution in [2.75, 3.05) is 13.1 Å². The standard InChI is InChI=1S/C29H27N5O2/c1-19-32-25-16-22(29(35)34-13-5-6-14-34)10-11-23(25)28(33-19)27(31)24-15-21(17-30)9-12-26(24)36-18-20-7-3-2-4-8-20/h2-4,7-12,15-16,27H,5-6,13-14,18,31H2,1H3. The molecule has 1 amide bonds. The molecule has 0 saturated carbocycles. The van der Waals surface area contributed by atoms with Crippen LogP contribution < -0.4 is 10.5 Å². The maximum atomic E-state index is 12.9. The summed E-state index contributed by atoms with van der Waals surface area (Å²) >= 11 is 0. The molecule has 0 radical (unpaired) electrons. The second kappa shape index (κ2) is 10.1. The number of ether oxygens (including phenoxy) is 1. The molecule has 0 aliphatic carbocycles. The molecule has 3 aromatic carbocycles. The van der Waals surface area contributed by atoms with Crippen LogP contribution in [0.3, 0.4) is 0 Å². The monoisotopic (exact) mass is 477 g/mol. The van der Waals surface area contributed by atoms with Crippen LogP contribution in [0, 0.1) is 18.3 Å². The molecule has 7 nitrogen and oxygen atoms in total. The zero-order chi connectivity index (χ0) is 25.1. The van der Waals surface area contributed by atoms with Gasteiger partial charge in [0.2, 0.25) is 0 Å². The van der Waals surface area contributed by atoms with Crippen LogP contribution >= 0.6 is 0 Å². The molecule has 5 rings (SSSR count). The molecular formula is C29H27N5O2. The predicted molar refractivity (Wildman–Crippen MR) is 137 cm³/mol. The third-order valence-electron chi connectivity index (χ3n) is 6.48. The highest BCUT2D eigenvalue weighted by atomic mass is 16.5. The molecule has 1 atom stereocenters. The minimum absolute atomic E-state index is 0.0230. The Balaban J connectivity index is 1.52. The van der Waals surface area contributed by atoms with Gasteiger partial charge in [0.15, 0.2) is 0 Å². The average Bonchev–Trinajstić information content (AvgIpc) is 3.46. The zero-order valence-corrected chi connectivity index (χ0v) is 20.1. The van der Waals surface area contributed by atoms with E-state index in [0.717, 1.165) is 36.9 Å². The molecule has 1 unspecified atom stereocenters. The molecular weight excluding hydrogens is 450 g/mol. The number of carbonyl (C=O) groups excluding carboxylic acids is 1. The molecule has 2 N–H and O–H groups in total. The summed E-state index contributed by atoms with van der Waals surface area (Å²) in [5, 5.41) is 10.3. The Morgan fingerprint density at radius 1 is 1.08 bits per heavy atom. The number of hydrogen-bond acceptors (Lipinski definition) is 6. The fourth-order valence-corrected chi connectivity index (χ4v) is 4.62. The number of likely N-dealkylation sites (tertiary alicyclic amines) is 1. The number of hydrogen-bond donors (Lipinski definition) is 1. The highest BCUT2D eigenvalue weighted by Crippen LogP contribution is 2.33. The van der Waals surface area contributed by atoms with E-state index in [1.165, 1.54) is 0 Å². The van der Waals surface area contributed by atoms with Gasteiger partial charge < -0.3 is 15.4 Å². The number of aromatic nitrogens is 2. The summed E-state index contributed by atoms with van der Waals surface area (Å²) in [5.41, 5.74) is 10.9. The topological polar surface area (TPSA) is 105 Å². The first-order valence-electron chi connectivity index (χ1n) is 12.1. The second-order valence-corrected chi connectivity index (χ2v) is 9.00. The second-order valence-electron chi connectivity index (χ2n) is 9.00. The minimum Gasteiger partial charge on any atom is -0.489 e. The van der Waals surface area contributed by atoms with E-state index in [1.807, 2.05) is 60.4 Å². The van der Waals surface area contributed by atoms with Crippen LogP contribution in [0.5, 0.6) is 5.75 Å². The smallest absolute Gasteiger partial charge is 0.253 e. The van der Waals surface area contributed by atoms with Crippen LogP contribution in [0.4, 0.5) is 0 Å². The maximum Gasteiger partial charge on any atom is 0.253 e. The third kappa shape index (κ3) is 4.77. The van der Waals surface area contributed by atoms with E-state index >= 15 is 0 Å². The van der Waals surface area contributed by atoms with E-state index in [2.05, 4.69) is 16.0 Å². The van der Waals surface area contributed by atoms with Gasteiger partial charge in [-0.25, -0.2) is 9.97 Å². The lowest BCUT2D eigenvalue weighted by atomic mass is 9.97. The summed E-state index contributed by atoms with van der Waals surface area (Å²) < 4.78 is 6.13. The summed E-state index contributed by atoms with van der Waals surface area (Å²) in [5.74, 6) is 1.17. The molecule has 1 aliphatic rings. The van der Waals surface area contributed by atoms with Gasteiger partial charge in [0.25, 0.3) is 5.91 Å². The number of amides is 1. The Bertz CT molecular complexity index is 1460. The average molecular weight is 478 g/mol. The number of nitriles is 1. The van der Waals surface area contributed by atoms with Gasteiger partial charge in [-0.15, -0.1) is 0 Å². The van der Waals surface area contributed by atoms with Crippen molar-refractivity contribution in [3.63, 3.8) is 0 Å². The molecule has 4 aromatic rings. The first kappa shape index (κ1) is 23.5. The summed E-state index contributed by atoms with van der Waals surface area (Å²) in [4.78, 5) is 24.1. The van der Waals surface area contributed by atoms with E-state index in [1.54, 1.807) is 18.2 Å². The predicted octanol–water partition coefficient (Wildman–Crippen LogP) is 4.67. The van der Waals surface area contributed by atoms with Crippen LogP contribution in [0.1, 0.15) is 57.5 Å². The Labute approximate surface area is 210 Å². The highest BCUT2D eigenvalue weighted by Gasteiger charge is 2.23. The summed E-state index contributed by atoms with van der Waals surface area (Å²) in [6.07, 6.45) is 2.08. The molecule has 0 bridgehead atoms. The number of carbonyl (C=O) groups is 1. The Morgan fingerprint density at radius 2 is 1.86 bits per heavy atom. The van der Waals surface area contributed by atoms with Crippen LogP contribution in [0.2, 0.25) is 0 Å². The molecule has 1 saturated heterocycles.